The number of nitro benzene ring substituents is 1. The number of phenols is 2. The Morgan fingerprint density at radius 3 is 2.53 bits per heavy atom. The van der Waals surface area contributed by atoms with Gasteiger partial charge in [0.15, 0.2) is 11.5 Å². The standard InChI is InChI=1S/C9H10N2O6/c10-6(9(14)15)2-4-1-5(11(16)17)3-7(12)8(4)13/h1,3,6,12-13H,2,10H2,(H,14,15). The first kappa shape index (κ1) is 12.7. The number of carbonyl (C=O) groups is 1. The minimum Gasteiger partial charge on any atom is -0.504 e. The number of rotatable bonds is 4. The van der Waals surface area contributed by atoms with Crippen LogP contribution in [-0.2, 0) is 11.2 Å². The maximum Gasteiger partial charge on any atom is 0.320 e. The topological polar surface area (TPSA) is 147 Å². The van der Waals surface area contributed by atoms with Crippen LogP contribution in [0.15, 0.2) is 12.1 Å². The highest BCUT2D eigenvalue weighted by molar-refractivity contribution is 5.74. The minimum absolute atomic E-state index is 0.0911. The first-order chi connectivity index (χ1) is 7.82. The lowest BCUT2D eigenvalue weighted by molar-refractivity contribution is -0.385. The van der Waals surface area contributed by atoms with E-state index < -0.39 is 34.1 Å². The Morgan fingerprint density at radius 1 is 1.47 bits per heavy atom. The molecule has 8 heteroatoms. The van der Waals surface area contributed by atoms with Crippen molar-refractivity contribution < 1.29 is 25.0 Å². The third kappa shape index (κ3) is 2.82. The zero-order valence-corrected chi connectivity index (χ0v) is 8.53. The van der Waals surface area contributed by atoms with Gasteiger partial charge in [-0.25, -0.2) is 0 Å². The number of nitrogens with two attached hydrogens (primary N) is 1. The van der Waals surface area contributed by atoms with Gasteiger partial charge in [0.2, 0.25) is 0 Å². The Balaban J connectivity index is 3.14. The van der Waals surface area contributed by atoms with Crippen LogP contribution in [0.2, 0.25) is 0 Å². The molecule has 0 heterocycles. The summed E-state index contributed by atoms with van der Waals surface area (Å²) in [5.41, 5.74) is 4.69. The highest BCUT2D eigenvalue weighted by Gasteiger charge is 2.20. The Bertz CT molecular complexity index is 473. The number of aromatic hydroxyl groups is 2. The zero-order valence-electron chi connectivity index (χ0n) is 8.53. The van der Waals surface area contributed by atoms with E-state index in [-0.39, 0.29) is 12.0 Å². The number of non-ortho nitro benzene ring substituents is 1. The van der Waals surface area contributed by atoms with Crippen molar-refractivity contribution in [1.29, 1.82) is 0 Å². The first-order valence-electron chi connectivity index (χ1n) is 4.50. The maximum absolute atomic E-state index is 10.5. The molecule has 1 aromatic carbocycles. The Hall–Kier alpha value is -2.35. The van der Waals surface area contributed by atoms with Crippen LogP contribution in [0, 0.1) is 10.1 Å². The minimum atomic E-state index is -1.32. The fourth-order valence-electron chi connectivity index (χ4n) is 1.25. The molecule has 1 rings (SSSR count). The monoisotopic (exact) mass is 242 g/mol. The lowest BCUT2D eigenvalue weighted by Gasteiger charge is -2.09. The van der Waals surface area contributed by atoms with Crippen LogP contribution in [0.5, 0.6) is 11.5 Å². The van der Waals surface area contributed by atoms with Crippen LogP contribution < -0.4 is 5.73 Å². The Kier molecular flexibility index (Phi) is 3.49. The summed E-state index contributed by atoms with van der Waals surface area (Å²) in [5.74, 6) is -2.60. The summed E-state index contributed by atoms with van der Waals surface area (Å²) < 4.78 is 0. The number of hydrogen-bond acceptors (Lipinski definition) is 6. The maximum atomic E-state index is 10.5. The van der Waals surface area contributed by atoms with Crippen molar-refractivity contribution in [1.82, 2.24) is 0 Å². The van der Waals surface area contributed by atoms with Gasteiger partial charge >= 0.3 is 5.97 Å². The summed E-state index contributed by atoms with van der Waals surface area (Å²) in [6.45, 7) is 0. The average Bonchev–Trinajstić information content (AvgIpc) is 2.23. The number of carboxylic acids is 1. The smallest absolute Gasteiger partial charge is 0.320 e. The van der Waals surface area contributed by atoms with Crippen molar-refractivity contribution in [2.75, 3.05) is 0 Å². The molecule has 92 valence electrons. The normalized spacial score (nSPS) is 12.1. The van der Waals surface area contributed by atoms with E-state index in [9.17, 15) is 25.1 Å². The third-order valence-corrected chi connectivity index (χ3v) is 2.12. The van der Waals surface area contributed by atoms with Gasteiger partial charge in [-0.2, -0.15) is 0 Å². The van der Waals surface area contributed by atoms with E-state index in [2.05, 4.69) is 0 Å². The number of nitrogens with zero attached hydrogens (tertiary/aromatic N) is 1. The molecule has 1 atom stereocenters. The van der Waals surface area contributed by atoms with Gasteiger partial charge in [-0.15, -0.1) is 0 Å². The molecule has 0 saturated carbocycles. The quantitative estimate of drug-likeness (QED) is 0.329. The summed E-state index contributed by atoms with van der Waals surface area (Å²) >= 11 is 0. The summed E-state index contributed by atoms with van der Waals surface area (Å²) in [6.07, 6.45) is -0.323. The van der Waals surface area contributed by atoms with Gasteiger partial charge < -0.3 is 21.1 Å². The molecule has 17 heavy (non-hydrogen) atoms. The second-order valence-electron chi connectivity index (χ2n) is 3.38. The molecule has 0 aliphatic rings. The first-order valence-corrected chi connectivity index (χ1v) is 4.50. The predicted octanol–water partition coefficient (Wildman–Crippen LogP) is -0.0396. The SMILES string of the molecule is NC(Cc1cc([N+](=O)[O-])cc(O)c1O)C(=O)O. The predicted molar refractivity (Wildman–Crippen MR) is 55.7 cm³/mol. The van der Waals surface area contributed by atoms with Gasteiger partial charge in [0.05, 0.1) is 11.0 Å². The van der Waals surface area contributed by atoms with E-state index in [4.69, 9.17) is 10.8 Å². The van der Waals surface area contributed by atoms with E-state index in [1.165, 1.54) is 0 Å². The Morgan fingerprint density at radius 2 is 2.06 bits per heavy atom. The molecule has 1 aromatic rings. The van der Waals surface area contributed by atoms with Crippen molar-refractivity contribution in [3.05, 3.63) is 27.8 Å². The largest absolute Gasteiger partial charge is 0.504 e. The van der Waals surface area contributed by atoms with Crippen LogP contribution in [-0.4, -0.2) is 32.3 Å². The van der Waals surface area contributed by atoms with E-state index in [0.717, 1.165) is 12.1 Å². The molecule has 0 aliphatic heterocycles. The third-order valence-electron chi connectivity index (χ3n) is 2.12. The zero-order chi connectivity index (χ0) is 13.2. The van der Waals surface area contributed by atoms with Crippen LogP contribution in [0.4, 0.5) is 5.69 Å². The second-order valence-corrected chi connectivity index (χ2v) is 3.38. The molecule has 0 bridgehead atoms. The van der Waals surface area contributed by atoms with Crippen molar-refractivity contribution in [3.63, 3.8) is 0 Å². The van der Waals surface area contributed by atoms with Crippen LogP contribution in [0.1, 0.15) is 5.56 Å². The van der Waals surface area contributed by atoms with Crippen molar-refractivity contribution in [3.8, 4) is 11.5 Å². The Labute approximate surface area is 95.1 Å². The lowest BCUT2D eigenvalue weighted by Crippen LogP contribution is -2.32. The average molecular weight is 242 g/mol. The van der Waals surface area contributed by atoms with Gasteiger partial charge in [0, 0.05) is 18.1 Å². The molecule has 0 amide bonds. The van der Waals surface area contributed by atoms with Crippen LogP contribution in [0.3, 0.4) is 0 Å². The summed E-state index contributed by atoms with van der Waals surface area (Å²) in [4.78, 5) is 20.2. The molecule has 1 unspecified atom stereocenters. The molecule has 0 fully saturated rings. The fourth-order valence-corrected chi connectivity index (χ4v) is 1.25. The van der Waals surface area contributed by atoms with Crippen molar-refractivity contribution in [2.45, 2.75) is 12.5 Å². The summed E-state index contributed by atoms with van der Waals surface area (Å²) in [6, 6.07) is 0.422. The molecule has 8 nitrogen and oxygen atoms in total. The van der Waals surface area contributed by atoms with E-state index in [1.54, 1.807) is 0 Å². The number of hydrogen-bond donors (Lipinski definition) is 4. The van der Waals surface area contributed by atoms with Crippen LogP contribution in [0.25, 0.3) is 0 Å². The van der Waals surface area contributed by atoms with Gasteiger partial charge in [0.25, 0.3) is 5.69 Å². The number of carboxylic acid groups (broad SMARTS) is 1. The molecular weight excluding hydrogens is 232 g/mol. The molecule has 5 N–H and O–H groups in total. The van der Waals surface area contributed by atoms with E-state index in [0.29, 0.717) is 0 Å². The molecular formula is C9H10N2O6. The fraction of sp³-hybridized carbons (Fsp3) is 0.222. The van der Waals surface area contributed by atoms with Gasteiger partial charge in [0.1, 0.15) is 6.04 Å². The van der Waals surface area contributed by atoms with Gasteiger partial charge in [-0.05, 0) is 0 Å². The van der Waals surface area contributed by atoms with E-state index in [1.807, 2.05) is 0 Å². The van der Waals surface area contributed by atoms with Gasteiger partial charge in [-0.1, -0.05) is 0 Å². The molecule has 0 saturated heterocycles. The van der Waals surface area contributed by atoms with E-state index >= 15 is 0 Å². The van der Waals surface area contributed by atoms with Crippen molar-refractivity contribution >= 4 is 11.7 Å². The molecule has 0 radical (unpaired) electrons. The molecule has 0 aromatic heterocycles. The number of benzene rings is 1. The van der Waals surface area contributed by atoms with Crippen molar-refractivity contribution in [2.24, 2.45) is 5.73 Å². The number of phenolic OH excluding ortho intramolecular Hbond substituents is 2. The van der Waals surface area contributed by atoms with Crippen LogP contribution >= 0.6 is 0 Å². The second kappa shape index (κ2) is 4.66. The number of nitro groups is 1. The van der Waals surface area contributed by atoms with Gasteiger partial charge in [-0.3, -0.25) is 14.9 Å². The summed E-state index contributed by atoms with van der Waals surface area (Å²) in [7, 11) is 0. The highest BCUT2D eigenvalue weighted by atomic mass is 16.6. The number of aliphatic carboxylic acids is 1. The summed E-state index contributed by atoms with van der Waals surface area (Å²) in [5, 5.41) is 37.7. The molecule has 0 spiro atoms. The highest BCUT2D eigenvalue weighted by Crippen LogP contribution is 2.34. The lowest BCUT2D eigenvalue weighted by atomic mass is 10.0. The molecule has 0 aliphatic carbocycles.